The van der Waals surface area contributed by atoms with Crippen molar-refractivity contribution in [2.45, 2.75) is 12.5 Å². The molecule has 5 nitrogen and oxygen atoms in total. The van der Waals surface area contributed by atoms with Gasteiger partial charge in [-0.3, -0.25) is 4.79 Å². The fourth-order valence-corrected chi connectivity index (χ4v) is 1.19. The van der Waals surface area contributed by atoms with E-state index in [0.717, 1.165) is 0 Å². The highest BCUT2D eigenvalue weighted by atomic mass is 19.1. The zero-order valence-corrected chi connectivity index (χ0v) is 8.93. The van der Waals surface area contributed by atoms with Crippen molar-refractivity contribution in [2.75, 3.05) is 6.61 Å². The maximum atomic E-state index is 12.6. The van der Waals surface area contributed by atoms with E-state index in [1.165, 1.54) is 24.3 Å². The molecule has 0 aliphatic heterocycles. The molecule has 1 unspecified atom stereocenters. The van der Waals surface area contributed by atoms with Crippen LogP contribution in [0, 0.1) is 5.82 Å². The predicted octanol–water partition coefficient (Wildman–Crippen LogP) is 0.794. The molecule has 0 heterocycles. The van der Waals surface area contributed by atoms with Gasteiger partial charge in [0.25, 0.3) is 0 Å². The SMILES string of the molecule is O=CNC(CCOc1ccc(F)cc1)C(=O)O. The molecule has 2 N–H and O–H groups in total. The topological polar surface area (TPSA) is 75.6 Å². The first kappa shape index (κ1) is 13.0. The van der Waals surface area contributed by atoms with Crippen LogP contribution in [0.2, 0.25) is 0 Å². The Kier molecular flexibility index (Phi) is 4.93. The molecule has 1 rings (SSSR count). The Balaban J connectivity index is 2.37. The summed E-state index contributed by atoms with van der Waals surface area (Å²) in [6.45, 7) is 0.115. The lowest BCUT2D eigenvalue weighted by molar-refractivity contribution is -0.140. The van der Waals surface area contributed by atoms with E-state index < -0.39 is 12.0 Å². The molecule has 0 aliphatic carbocycles. The molecule has 0 saturated heterocycles. The number of ether oxygens (including phenoxy) is 1. The number of carboxylic acid groups (broad SMARTS) is 1. The Hall–Kier alpha value is -2.11. The average Bonchev–Trinajstić information content (AvgIpc) is 2.30. The molecule has 0 bridgehead atoms. The van der Waals surface area contributed by atoms with E-state index in [9.17, 15) is 14.0 Å². The monoisotopic (exact) mass is 241 g/mol. The number of hydrogen-bond acceptors (Lipinski definition) is 3. The average molecular weight is 241 g/mol. The number of nitrogens with one attached hydrogen (secondary N) is 1. The predicted molar refractivity (Wildman–Crippen MR) is 57.1 cm³/mol. The van der Waals surface area contributed by atoms with Crippen molar-refractivity contribution in [1.82, 2.24) is 5.32 Å². The summed E-state index contributed by atoms with van der Waals surface area (Å²) in [7, 11) is 0. The third-order valence-corrected chi connectivity index (χ3v) is 2.06. The van der Waals surface area contributed by atoms with Crippen LogP contribution in [0.1, 0.15) is 6.42 Å². The van der Waals surface area contributed by atoms with Gasteiger partial charge in [0.2, 0.25) is 6.41 Å². The normalized spacial score (nSPS) is 11.6. The Labute approximate surface area is 97.2 Å². The highest BCUT2D eigenvalue weighted by Crippen LogP contribution is 2.11. The summed E-state index contributed by atoms with van der Waals surface area (Å²) < 4.78 is 17.8. The molecule has 0 aromatic heterocycles. The lowest BCUT2D eigenvalue weighted by Crippen LogP contribution is -2.36. The van der Waals surface area contributed by atoms with Crippen molar-refractivity contribution in [2.24, 2.45) is 0 Å². The summed E-state index contributed by atoms with van der Waals surface area (Å²) in [6, 6.07) is 4.39. The number of carboxylic acids is 1. The van der Waals surface area contributed by atoms with Gasteiger partial charge in [0, 0.05) is 6.42 Å². The summed E-state index contributed by atoms with van der Waals surface area (Å²) in [5.74, 6) is -1.05. The molecule has 0 fully saturated rings. The summed E-state index contributed by atoms with van der Waals surface area (Å²) in [4.78, 5) is 20.8. The Bertz CT molecular complexity index is 380. The number of benzene rings is 1. The van der Waals surface area contributed by atoms with Gasteiger partial charge in [0.1, 0.15) is 17.6 Å². The highest BCUT2D eigenvalue weighted by molar-refractivity contribution is 5.76. The molecule has 0 radical (unpaired) electrons. The van der Waals surface area contributed by atoms with Gasteiger partial charge in [0.05, 0.1) is 6.61 Å². The second-order valence-corrected chi connectivity index (χ2v) is 3.27. The van der Waals surface area contributed by atoms with Gasteiger partial charge in [0.15, 0.2) is 0 Å². The first-order valence-corrected chi connectivity index (χ1v) is 4.94. The maximum Gasteiger partial charge on any atom is 0.326 e. The Morgan fingerprint density at radius 2 is 2.12 bits per heavy atom. The summed E-state index contributed by atoms with van der Waals surface area (Å²) >= 11 is 0. The lowest BCUT2D eigenvalue weighted by Gasteiger charge is -2.11. The van der Waals surface area contributed by atoms with E-state index >= 15 is 0 Å². The Morgan fingerprint density at radius 3 is 2.65 bits per heavy atom. The molecular formula is C11H12FNO4. The zero-order chi connectivity index (χ0) is 12.7. The fraction of sp³-hybridized carbons (Fsp3) is 0.273. The molecule has 0 saturated carbocycles. The van der Waals surface area contributed by atoms with Gasteiger partial charge in [-0.05, 0) is 24.3 Å². The van der Waals surface area contributed by atoms with Crippen molar-refractivity contribution in [3.63, 3.8) is 0 Å². The number of hydrogen-bond donors (Lipinski definition) is 2. The molecule has 1 amide bonds. The third-order valence-electron chi connectivity index (χ3n) is 2.06. The van der Waals surface area contributed by atoms with Crippen LogP contribution in [-0.4, -0.2) is 30.1 Å². The van der Waals surface area contributed by atoms with Gasteiger partial charge >= 0.3 is 5.97 Å². The van der Waals surface area contributed by atoms with E-state index in [2.05, 4.69) is 5.32 Å². The van der Waals surface area contributed by atoms with Crippen molar-refractivity contribution in [3.05, 3.63) is 30.1 Å². The van der Waals surface area contributed by atoms with E-state index in [0.29, 0.717) is 12.2 Å². The molecule has 0 aliphatic rings. The Morgan fingerprint density at radius 1 is 1.47 bits per heavy atom. The number of halogens is 1. The summed E-state index contributed by atoms with van der Waals surface area (Å²) in [6.07, 6.45) is 0.460. The quantitative estimate of drug-likeness (QED) is 0.692. The molecule has 6 heteroatoms. The molecule has 1 aromatic carbocycles. The summed E-state index contributed by atoms with van der Waals surface area (Å²) in [5, 5.41) is 10.9. The van der Waals surface area contributed by atoms with Crippen molar-refractivity contribution >= 4 is 12.4 Å². The van der Waals surface area contributed by atoms with E-state index in [-0.39, 0.29) is 18.8 Å². The van der Waals surface area contributed by atoms with E-state index in [1.807, 2.05) is 0 Å². The smallest absolute Gasteiger partial charge is 0.326 e. The highest BCUT2D eigenvalue weighted by Gasteiger charge is 2.15. The second kappa shape index (κ2) is 6.47. The number of rotatable bonds is 7. The molecule has 17 heavy (non-hydrogen) atoms. The van der Waals surface area contributed by atoms with E-state index in [4.69, 9.17) is 9.84 Å². The standard InChI is InChI=1S/C11H12FNO4/c12-8-1-3-9(4-2-8)17-6-5-10(11(15)16)13-7-14/h1-4,7,10H,5-6H2,(H,13,14)(H,15,16). The van der Waals surface area contributed by atoms with Gasteiger partial charge in [-0.2, -0.15) is 0 Å². The van der Waals surface area contributed by atoms with Crippen LogP contribution in [0.5, 0.6) is 5.75 Å². The first-order chi connectivity index (χ1) is 8.13. The van der Waals surface area contributed by atoms with E-state index in [1.54, 1.807) is 0 Å². The van der Waals surface area contributed by atoms with Crippen LogP contribution in [-0.2, 0) is 9.59 Å². The minimum absolute atomic E-state index is 0.115. The minimum atomic E-state index is -1.13. The van der Waals surface area contributed by atoms with Crippen LogP contribution in [0.15, 0.2) is 24.3 Å². The molecule has 1 aromatic rings. The summed E-state index contributed by atoms with van der Waals surface area (Å²) in [5.41, 5.74) is 0. The molecule has 0 spiro atoms. The molecule has 1 atom stereocenters. The molecular weight excluding hydrogens is 229 g/mol. The maximum absolute atomic E-state index is 12.6. The van der Waals surface area contributed by atoms with Crippen LogP contribution >= 0.6 is 0 Å². The van der Waals surface area contributed by atoms with Crippen molar-refractivity contribution in [3.8, 4) is 5.75 Å². The largest absolute Gasteiger partial charge is 0.493 e. The lowest BCUT2D eigenvalue weighted by atomic mass is 10.2. The van der Waals surface area contributed by atoms with Gasteiger partial charge in [-0.1, -0.05) is 0 Å². The number of carbonyl (C=O) groups excluding carboxylic acids is 1. The number of amides is 1. The first-order valence-electron chi connectivity index (χ1n) is 4.94. The van der Waals surface area contributed by atoms with Crippen LogP contribution in [0.4, 0.5) is 4.39 Å². The zero-order valence-electron chi connectivity index (χ0n) is 8.93. The third kappa shape index (κ3) is 4.50. The van der Waals surface area contributed by atoms with Gasteiger partial charge in [-0.15, -0.1) is 0 Å². The molecule has 92 valence electrons. The second-order valence-electron chi connectivity index (χ2n) is 3.27. The van der Waals surface area contributed by atoms with Crippen LogP contribution in [0.25, 0.3) is 0 Å². The number of carbonyl (C=O) groups is 2. The van der Waals surface area contributed by atoms with Crippen molar-refractivity contribution in [1.29, 1.82) is 0 Å². The minimum Gasteiger partial charge on any atom is -0.493 e. The number of aliphatic carboxylic acids is 1. The van der Waals surface area contributed by atoms with Crippen LogP contribution < -0.4 is 10.1 Å². The van der Waals surface area contributed by atoms with Crippen molar-refractivity contribution < 1.29 is 23.8 Å². The van der Waals surface area contributed by atoms with Gasteiger partial charge in [-0.25, -0.2) is 9.18 Å². The van der Waals surface area contributed by atoms with Crippen LogP contribution in [0.3, 0.4) is 0 Å². The van der Waals surface area contributed by atoms with Gasteiger partial charge < -0.3 is 15.2 Å². The fourth-order valence-electron chi connectivity index (χ4n) is 1.19.